The molecule has 0 spiro atoms. The fourth-order valence-corrected chi connectivity index (χ4v) is 2.04. The van der Waals surface area contributed by atoms with E-state index in [0.717, 1.165) is 0 Å². The molecule has 1 heterocycles. The number of furan rings is 1. The standard InChI is InChI=1S/C14H9ClFNO3/c15-10-2-1-3-11(16)9(10)6-8(7-17)12-4-5-13(20-12)14(18)19/h1-5,8H,6H2,(H,18,19). The summed E-state index contributed by atoms with van der Waals surface area (Å²) < 4.78 is 18.7. The maximum atomic E-state index is 13.7. The van der Waals surface area contributed by atoms with Crippen LogP contribution in [-0.4, -0.2) is 11.1 Å². The number of nitrogens with zero attached hydrogens (tertiary/aromatic N) is 1. The lowest BCUT2D eigenvalue weighted by molar-refractivity contribution is 0.0660. The van der Waals surface area contributed by atoms with Crippen molar-refractivity contribution < 1.29 is 18.7 Å². The highest BCUT2D eigenvalue weighted by Gasteiger charge is 2.21. The Bertz CT molecular complexity index is 670. The number of nitriles is 1. The lowest BCUT2D eigenvalue weighted by Gasteiger charge is -2.09. The van der Waals surface area contributed by atoms with Crippen molar-refractivity contribution in [3.8, 4) is 6.07 Å². The molecule has 1 aromatic heterocycles. The van der Waals surface area contributed by atoms with Gasteiger partial charge in [0.2, 0.25) is 5.76 Å². The van der Waals surface area contributed by atoms with E-state index in [4.69, 9.17) is 26.4 Å². The highest BCUT2D eigenvalue weighted by atomic mass is 35.5. The van der Waals surface area contributed by atoms with Crippen molar-refractivity contribution in [2.24, 2.45) is 0 Å². The monoisotopic (exact) mass is 293 g/mol. The third-order valence-corrected chi connectivity index (χ3v) is 3.16. The largest absolute Gasteiger partial charge is 0.475 e. The Kier molecular flexibility index (Phi) is 4.06. The molecular weight excluding hydrogens is 285 g/mol. The Morgan fingerprint density at radius 3 is 2.75 bits per heavy atom. The second-order valence-electron chi connectivity index (χ2n) is 4.09. The van der Waals surface area contributed by atoms with Crippen molar-refractivity contribution in [1.29, 1.82) is 5.26 Å². The van der Waals surface area contributed by atoms with Crippen molar-refractivity contribution in [1.82, 2.24) is 0 Å². The van der Waals surface area contributed by atoms with Crippen LogP contribution >= 0.6 is 11.6 Å². The normalized spacial score (nSPS) is 11.8. The molecule has 0 aliphatic rings. The third kappa shape index (κ3) is 2.81. The molecule has 0 aliphatic carbocycles. The van der Waals surface area contributed by atoms with Crippen LogP contribution in [-0.2, 0) is 6.42 Å². The van der Waals surface area contributed by atoms with Gasteiger partial charge in [-0.05, 0) is 30.7 Å². The summed E-state index contributed by atoms with van der Waals surface area (Å²) in [5, 5.41) is 18.1. The summed E-state index contributed by atoms with van der Waals surface area (Å²) >= 11 is 5.90. The van der Waals surface area contributed by atoms with Gasteiger partial charge in [-0.15, -0.1) is 0 Å². The second-order valence-corrected chi connectivity index (χ2v) is 4.50. The van der Waals surface area contributed by atoms with E-state index in [0.29, 0.717) is 0 Å². The molecule has 2 aromatic rings. The molecule has 20 heavy (non-hydrogen) atoms. The minimum Gasteiger partial charge on any atom is -0.475 e. The minimum absolute atomic E-state index is 0.00851. The minimum atomic E-state index is -1.23. The average Bonchev–Trinajstić information content (AvgIpc) is 2.88. The van der Waals surface area contributed by atoms with E-state index in [2.05, 4.69) is 0 Å². The molecule has 1 unspecified atom stereocenters. The van der Waals surface area contributed by atoms with Crippen LogP contribution in [0.2, 0.25) is 5.02 Å². The van der Waals surface area contributed by atoms with Crippen molar-refractivity contribution in [3.05, 3.63) is 58.3 Å². The molecule has 0 aliphatic heterocycles. The van der Waals surface area contributed by atoms with Crippen LogP contribution in [0.25, 0.3) is 0 Å². The van der Waals surface area contributed by atoms with Crippen LogP contribution < -0.4 is 0 Å². The number of rotatable bonds is 4. The molecule has 4 nitrogen and oxygen atoms in total. The van der Waals surface area contributed by atoms with Gasteiger partial charge < -0.3 is 9.52 Å². The van der Waals surface area contributed by atoms with Gasteiger partial charge in [0.15, 0.2) is 0 Å². The number of halogens is 2. The Morgan fingerprint density at radius 2 is 2.20 bits per heavy atom. The Morgan fingerprint density at radius 1 is 1.45 bits per heavy atom. The van der Waals surface area contributed by atoms with E-state index < -0.39 is 17.7 Å². The first-order chi connectivity index (χ1) is 9.52. The summed E-state index contributed by atoms with van der Waals surface area (Å²) in [5.74, 6) is -2.64. The second kappa shape index (κ2) is 5.76. The zero-order chi connectivity index (χ0) is 14.7. The van der Waals surface area contributed by atoms with Crippen molar-refractivity contribution in [2.75, 3.05) is 0 Å². The summed E-state index contributed by atoms with van der Waals surface area (Å²) in [6, 6.07) is 8.86. The molecule has 1 atom stereocenters. The number of hydrogen-bond donors (Lipinski definition) is 1. The third-order valence-electron chi connectivity index (χ3n) is 2.81. The van der Waals surface area contributed by atoms with Gasteiger partial charge >= 0.3 is 5.97 Å². The summed E-state index contributed by atoms with van der Waals surface area (Å²) in [5.41, 5.74) is 0.203. The lowest BCUT2D eigenvalue weighted by atomic mass is 9.98. The maximum Gasteiger partial charge on any atom is 0.371 e. The summed E-state index contributed by atoms with van der Waals surface area (Å²) in [6.07, 6.45) is 0.00851. The quantitative estimate of drug-likeness (QED) is 0.934. The molecule has 0 radical (unpaired) electrons. The number of carboxylic acid groups (broad SMARTS) is 1. The number of benzene rings is 1. The summed E-state index contributed by atoms with van der Waals surface area (Å²) in [7, 11) is 0. The van der Waals surface area contributed by atoms with Crippen LogP contribution in [0.15, 0.2) is 34.7 Å². The van der Waals surface area contributed by atoms with E-state index in [1.54, 1.807) is 0 Å². The van der Waals surface area contributed by atoms with Gasteiger partial charge in [0.05, 0.1) is 6.07 Å². The van der Waals surface area contributed by atoms with Crippen LogP contribution in [0.4, 0.5) is 4.39 Å². The highest BCUT2D eigenvalue weighted by molar-refractivity contribution is 6.31. The van der Waals surface area contributed by atoms with Crippen LogP contribution in [0, 0.1) is 17.1 Å². The van der Waals surface area contributed by atoms with Gasteiger partial charge in [-0.25, -0.2) is 9.18 Å². The van der Waals surface area contributed by atoms with Gasteiger partial charge in [-0.1, -0.05) is 17.7 Å². The van der Waals surface area contributed by atoms with E-state index in [1.807, 2.05) is 6.07 Å². The lowest BCUT2D eigenvalue weighted by Crippen LogP contribution is -2.02. The molecule has 0 amide bonds. The zero-order valence-electron chi connectivity index (χ0n) is 10.1. The Labute approximate surface area is 119 Å². The van der Waals surface area contributed by atoms with Crippen molar-refractivity contribution in [2.45, 2.75) is 12.3 Å². The molecule has 6 heteroatoms. The van der Waals surface area contributed by atoms with E-state index >= 15 is 0 Å². The Balaban J connectivity index is 2.29. The first kappa shape index (κ1) is 14.1. The number of aromatic carboxylic acids is 1. The molecule has 2 rings (SSSR count). The van der Waals surface area contributed by atoms with Crippen molar-refractivity contribution in [3.63, 3.8) is 0 Å². The highest BCUT2D eigenvalue weighted by Crippen LogP contribution is 2.28. The number of carbonyl (C=O) groups is 1. The van der Waals surface area contributed by atoms with E-state index in [9.17, 15) is 9.18 Å². The molecule has 1 aromatic carbocycles. The van der Waals surface area contributed by atoms with Gasteiger partial charge in [-0.2, -0.15) is 5.26 Å². The van der Waals surface area contributed by atoms with Gasteiger partial charge in [0, 0.05) is 10.6 Å². The van der Waals surface area contributed by atoms with E-state index in [1.165, 1.54) is 30.3 Å². The molecule has 0 bridgehead atoms. The van der Waals surface area contributed by atoms with Gasteiger partial charge in [-0.3, -0.25) is 0 Å². The van der Waals surface area contributed by atoms with Crippen molar-refractivity contribution >= 4 is 17.6 Å². The predicted molar refractivity (Wildman–Crippen MR) is 69.1 cm³/mol. The molecule has 0 saturated heterocycles. The zero-order valence-corrected chi connectivity index (χ0v) is 10.9. The maximum absolute atomic E-state index is 13.7. The number of carboxylic acids is 1. The number of hydrogen-bond acceptors (Lipinski definition) is 3. The molecule has 102 valence electrons. The van der Waals surface area contributed by atoms with E-state index in [-0.39, 0.29) is 28.5 Å². The van der Waals surface area contributed by atoms with Gasteiger partial charge in [0.25, 0.3) is 0 Å². The molecular formula is C14H9ClFNO3. The van der Waals surface area contributed by atoms with Crippen LogP contribution in [0.3, 0.4) is 0 Å². The molecule has 0 saturated carbocycles. The van der Waals surface area contributed by atoms with Crippen LogP contribution in [0.5, 0.6) is 0 Å². The predicted octanol–water partition coefficient (Wildman–Crippen LogP) is 3.62. The molecule has 1 N–H and O–H groups in total. The summed E-state index contributed by atoms with van der Waals surface area (Å²) in [4.78, 5) is 10.7. The fraction of sp³-hybridized carbons (Fsp3) is 0.143. The molecule has 0 fully saturated rings. The van der Waals surface area contributed by atoms with Crippen LogP contribution in [0.1, 0.15) is 27.8 Å². The van der Waals surface area contributed by atoms with Gasteiger partial charge in [0.1, 0.15) is 17.5 Å². The average molecular weight is 294 g/mol. The SMILES string of the molecule is N#CC(Cc1c(F)cccc1Cl)c1ccc(C(=O)O)o1. The Hall–Kier alpha value is -2.32. The fourth-order valence-electron chi connectivity index (χ4n) is 1.80. The first-order valence-corrected chi connectivity index (χ1v) is 6.06. The summed E-state index contributed by atoms with van der Waals surface area (Å²) in [6.45, 7) is 0. The topological polar surface area (TPSA) is 74.2 Å². The smallest absolute Gasteiger partial charge is 0.371 e. The first-order valence-electron chi connectivity index (χ1n) is 5.68.